The lowest BCUT2D eigenvalue weighted by molar-refractivity contribution is 0.0600. The average molecular weight is 538 g/mol. The van der Waals surface area contributed by atoms with Gasteiger partial charge in [0.15, 0.2) is 9.84 Å². The third kappa shape index (κ3) is 7.13. The molecule has 36 heavy (non-hydrogen) atoms. The number of sulfone groups is 1. The van der Waals surface area contributed by atoms with E-state index in [1.165, 1.54) is 35.7 Å². The van der Waals surface area contributed by atoms with Gasteiger partial charge in [-0.05, 0) is 62.8 Å². The van der Waals surface area contributed by atoms with E-state index < -0.39 is 19.9 Å². The quantitative estimate of drug-likeness (QED) is 0.425. The minimum absolute atomic E-state index is 0.00249. The standard InChI is InChI=1S/C25H35N3O6S2/c1-26(2)16-17-28(36(32,33)24-7-5-6-23(18-24)35(4,30)31)22-12-14-27(15-13-22)19-20-8-10-21(11-9-20)25(29)34-3/h5-11,18,22H,12-17,19H2,1-4H3. The van der Waals surface area contributed by atoms with E-state index in [4.69, 9.17) is 4.74 Å². The normalized spacial score (nSPS) is 15.9. The summed E-state index contributed by atoms with van der Waals surface area (Å²) in [6.45, 7) is 3.02. The lowest BCUT2D eigenvalue weighted by Crippen LogP contribution is -2.49. The Labute approximate surface area is 214 Å². The predicted molar refractivity (Wildman–Crippen MR) is 138 cm³/mol. The number of nitrogens with zero attached hydrogens (tertiary/aromatic N) is 3. The number of hydrogen-bond acceptors (Lipinski definition) is 8. The van der Waals surface area contributed by atoms with Gasteiger partial charge in [-0.15, -0.1) is 0 Å². The number of piperidine rings is 1. The number of rotatable bonds is 10. The number of carbonyl (C=O) groups excluding carboxylic acids is 1. The number of likely N-dealkylation sites (tertiary alicyclic amines) is 1. The van der Waals surface area contributed by atoms with Crippen LogP contribution in [-0.2, 0) is 31.1 Å². The van der Waals surface area contributed by atoms with Crippen LogP contribution in [0.15, 0.2) is 58.3 Å². The molecule has 0 aliphatic carbocycles. The van der Waals surface area contributed by atoms with Crippen LogP contribution in [0.5, 0.6) is 0 Å². The number of carbonyl (C=O) groups is 1. The van der Waals surface area contributed by atoms with Gasteiger partial charge in [-0.2, -0.15) is 4.31 Å². The van der Waals surface area contributed by atoms with Crippen LogP contribution in [0.1, 0.15) is 28.8 Å². The second-order valence-electron chi connectivity index (χ2n) is 9.36. The molecule has 1 aliphatic heterocycles. The Morgan fingerprint density at radius 1 is 0.972 bits per heavy atom. The summed E-state index contributed by atoms with van der Waals surface area (Å²) < 4.78 is 57.6. The summed E-state index contributed by atoms with van der Waals surface area (Å²) in [6.07, 6.45) is 2.40. The Kier molecular flexibility index (Phi) is 9.28. The maximum absolute atomic E-state index is 13.7. The van der Waals surface area contributed by atoms with Gasteiger partial charge in [0.1, 0.15) is 0 Å². The van der Waals surface area contributed by atoms with Crippen LogP contribution in [0.3, 0.4) is 0 Å². The van der Waals surface area contributed by atoms with Gasteiger partial charge in [-0.1, -0.05) is 18.2 Å². The Bertz CT molecular complexity index is 1250. The second kappa shape index (κ2) is 11.8. The summed E-state index contributed by atoms with van der Waals surface area (Å²) in [7, 11) is -2.29. The van der Waals surface area contributed by atoms with Crippen LogP contribution in [0.4, 0.5) is 0 Å². The number of likely N-dealkylation sites (N-methyl/N-ethyl adjacent to an activating group) is 1. The highest BCUT2D eigenvalue weighted by Gasteiger charge is 2.34. The van der Waals surface area contributed by atoms with E-state index in [9.17, 15) is 21.6 Å². The van der Waals surface area contributed by atoms with Gasteiger partial charge in [0.2, 0.25) is 10.0 Å². The molecule has 0 N–H and O–H groups in total. The predicted octanol–water partition coefficient (Wildman–Crippen LogP) is 2.09. The summed E-state index contributed by atoms with van der Waals surface area (Å²) in [4.78, 5) is 15.8. The van der Waals surface area contributed by atoms with E-state index in [0.29, 0.717) is 38.0 Å². The monoisotopic (exact) mass is 537 g/mol. The molecule has 3 rings (SSSR count). The van der Waals surface area contributed by atoms with Crippen molar-refractivity contribution in [3.63, 3.8) is 0 Å². The smallest absolute Gasteiger partial charge is 0.337 e. The van der Waals surface area contributed by atoms with Crippen LogP contribution in [0, 0.1) is 0 Å². The molecule has 1 saturated heterocycles. The lowest BCUT2D eigenvalue weighted by atomic mass is 10.0. The Morgan fingerprint density at radius 3 is 2.14 bits per heavy atom. The fourth-order valence-electron chi connectivity index (χ4n) is 4.29. The fraction of sp³-hybridized carbons (Fsp3) is 0.480. The van der Waals surface area contributed by atoms with Crippen molar-refractivity contribution in [3.8, 4) is 0 Å². The molecule has 198 valence electrons. The highest BCUT2D eigenvalue weighted by atomic mass is 32.2. The number of hydrogen-bond donors (Lipinski definition) is 0. The van der Waals surface area contributed by atoms with Crippen molar-refractivity contribution in [1.82, 2.24) is 14.1 Å². The first kappa shape index (κ1) is 28.3. The summed E-state index contributed by atoms with van der Waals surface area (Å²) >= 11 is 0. The van der Waals surface area contributed by atoms with Crippen molar-refractivity contribution in [2.24, 2.45) is 0 Å². The van der Waals surface area contributed by atoms with Crippen LogP contribution >= 0.6 is 0 Å². The summed E-state index contributed by atoms with van der Waals surface area (Å²) in [5, 5.41) is 0. The molecule has 0 unspecified atom stereocenters. The van der Waals surface area contributed by atoms with Gasteiger partial charge < -0.3 is 9.64 Å². The zero-order valence-corrected chi connectivity index (χ0v) is 22.9. The molecular formula is C25H35N3O6S2. The summed E-state index contributed by atoms with van der Waals surface area (Å²) in [5.41, 5.74) is 1.57. The van der Waals surface area contributed by atoms with E-state index in [2.05, 4.69) is 4.90 Å². The van der Waals surface area contributed by atoms with Crippen molar-refractivity contribution in [1.29, 1.82) is 0 Å². The molecular weight excluding hydrogens is 502 g/mol. The van der Waals surface area contributed by atoms with Crippen LogP contribution in [0.25, 0.3) is 0 Å². The Hall–Kier alpha value is -2.31. The molecule has 0 radical (unpaired) electrons. The van der Waals surface area contributed by atoms with E-state index in [1.54, 1.807) is 12.1 Å². The maximum Gasteiger partial charge on any atom is 0.337 e. The third-order valence-corrected chi connectivity index (χ3v) is 9.41. The minimum Gasteiger partial charge on any atom is -0.465 e. The van der Waals surface area contributed by atoms with E-state index in [0.717, 1.165) is 24.9 Å². The van der Waals surface area contributed by atoms with Crippen LogP contribution in [0.2, 0.25) is 0 Å². The van der Waals surface area contributed by atoms with Gasteiger partial charge >= 0.3 is 5.97 Å². The summed E-state index contributed by atoms with van der Waals surface area (Å²) in [5.74, 6) is -0.372. The zero-order valence-electron chi connectivity index (χ0n) is 21.3. The highest BCUT2D eigenvalue weighted by Crippen LogP contribution is 2.26. The number of ether oxygens (including phenoxy) is 1. The molecule has 1 fully saturated rings. The molecule has 0 atom stereocenters. The van der Waals surface area contributed by atoms with Gasteiger partial charge in [0, 0.05) is 45.0 Å². The number of methoxy groups -OCH3 is 1. The van der Waals surface area contributed by atoms with Crippen LogP contribution < -0.4 is 0 Å². The first-order valence-corrected chi connectivity index (χ1v) is 15.1. The second-order valence-corrected chi connectivity index (χ2v) is 13.3. The highest BCUT2D eigenvalue weighted by molar-refractivity contribution is 7.91. The first-order chi connectivity index (χ1) is 16.9. The number of benzene rings is 2. The number of esters is 1. The molecule has 0 spiro atoms. The molecule has 11 heteroatoms. The zero-order chi connectivity index (χ0) is 26.5. The fourth-order valence-corrected chi connectivity index (χ4v) is 6.75. The molecule has 0 aromatic heterocycles. The Balaban J connectivity index is 1.74. The minimum atomic E-state index is -3.89. The first-order valence-electron chi connectivity index (χ1n) is 11.8. The van der Waals surface area contributed by atoms with E-state index in [1.807, 2.05) is 31.1 Å². The topological polar surface area (TPSA) is 104 Å². The molecule has 1 heterocycles. The average Bonchev–Trinajstić information content (AvgIpc) is 2.84. The largest absolute Gasteiger partial charge is 0.465 e. The van der Waals surface area contributed by atoms with Gasteiger partial charge in [-0.25, -0.2) is 21.6 Å². The molecule has 0 saturated carbocycles. The lowest BCUT2D eigenvalue weighted by Gasteiger charge is -2.38. The summed E-state index contributed by atoms with van der Waals surface area (Å²) in [6, 6.07) is 12.7. The molecule has 1 aliphatic rings. The molecule has 0 amide bonds. The molecule has 9 nitrogen and oxygen atoms in total. The van der Waals surface area contributed by atoms with E-state index >= 15 is 0 Å². The van der Waals surface area contributed by atoms with Gasteiger partial charge in [-0.3, -0.25) is 4.90 Å². The van der Waals surface area contributed by atoms with Crippen molar-refractivity contribution in [3.05, 3.63) is 59.7 Å². The maximum atomic E-state index is 13.7. The van der Waals surface area contributed by atoms with Crippen molar-refractivity contribution < 1.29 is 26.4 Å². The van der Waals surface area contributed by atoms with E-state index in [-0.39, 0.29) is 21.8 Å². The number of sulfonamides is 1. The molecule has 2 aromatic carbocycles. The van der Waals surface area contributed by atoms with Gasteiger partial charge in [0.25, 0.3) is 0 Å². The Morgan fingerprint density at radius 2 is 1.58 bits per heavy atom. The van der Waals surface area contributed by atoms with Crippen molar-refractivity contribution >= 4 is 25.8 Å². The molecule has 2 aromatic rings. The molecule has 0 bridgehead atoms. The third-order valence-electron chi connectivity index (χ3n) is 6.35. The van der Waals surface area contributed by atoms with Gasteiger partial charge in [0.05, 0.1) is 22.5 Å². The van der Waals surface area contributed by atoms with Crippen molar-refractivity contribution in [2.75, 3.05) is 53.6 Å². The SMILES string of the molecule is COC(=O)c1ccc(CN2CCC(N(CCN(C)C)S(=O)(=O)c3cccc(S(C)(=O)=O)c3)CC2)cc1. The van der Waals surface area contributed by atoms with Crippen LogP contribution in [-0.4, -0.2) is 96.6 Å². The van der Waals surface area contributed by atoms with Crippen molar-refractivity contribution in [2.45, 2.75) is 35.2 Å².